The van der Waals surface area contributed by atoms with E-state index in [1.54, 1.807) is 4.90 Å². The molecule has 5 heteroatoms. The number of carbonyl (C=O) groups is 1. The second-order valence-electron chi connectivity index (χ2n) is 5.53. The number of likely N-dealkylation sites (tertiary alicyclic amines) is 1. The fourth-order valence-corrected chi connectivity index (χ4v) is 3.05. The molecule has 1 aromatic carbocycles. The zero-order chi connectivity index (χ0) is 14.1. The number of amides is 1. The van der Waals surface area contributed by atoms with E-state index in [0.717, 1.165) is 5.56 Å². The van der Waals surface area contributed by atoms with Gasteiger partial charge in [-0.25, -0.2) is 4.79 Å². The smallest absolute Gasteiger partial charge is 0.410 e. The highest BCUT2D eigenvalue weighted by Gasteiger charge is 2.51. The minimum Gasteiger partial charge on any atom is -0.445 e. The molecule has 0 aromatic heterocycles. The van der Waals surface area contributed by atoms with Gasteiger partial charge in [-0.3, -0.25) is 4.90 Å². The van der Waals surface area contributed by atoms with E-state index in [0.29, 0.717) is 13.2 Å². The lowest BCUT2D eigenvalue weighted by Gasteiger charge is -2.24. The molecule has 108 valence electrons. The molecule has 0 spiro atoms. The quantitative estimate of drug-likeness (QED) is 0.888. The minimum absolute atomic E-state index is 0.0747. The summed E-state index contributed by atoms with van der Waals surface area (Å²) in [6.45, 7) is 3.14. The monoisotopic (exact) mass is 277 g/mol. The predicted octanol–water partition coefficient (Wildman–Crippen LogP) is 1.40. The summed E-state index contributed by atoms with van der Waals surface area (Å²) in [5.41, 5.74) is 0.952. The third-order valence-electron chi connectivity index (χ3n) is 4.04. The van der Waals surface area contributed by atoms with E-state index in [-0.39, 0.29) is 30.8 Å². The van der Waals surface area contributed by atoms with Crippen LogP contribution in [0.25, 0.3) is 0 Å². The largest absolute Gasteiger partial charge is 0.445 e. The van der Waals surface area contributed by atoms with Crippen LogP contribution >= 0.6 is 0 Å². The van der Waals surface area contributed by atoms with Crippen molar-refractivity contribution in [1.82, 2.24) is 4.90 Å². The average Bonchev–Trinajstić information content (AvgIpc) is 3.00. The normalized spacial score (nSPS) is 32.2. The Bertz CT molecular complexity index is 478. The summed E-state index contributed by atoms with van der Waals surface area (Å²) < 4.78 is 10.9. The highest BCUT2D eigenvalue weighted by atomic mass is 16.6. The summed E-state index contributed by atoms with van der Waals surface area (Å²) in [6, 6.07) is 9.29. The molecule has 0 saturated carbocycles. The average molecular weight is 277 g/mol. The predicted molar refractivity (Wildman–Crippen MR) is 72.0 cm³/mol. The molecular weight excluding hydrogens is 258 g/mol. The lowest BCUT2D eigenvalue weighted by atomic mass is 10.0. The standard InChI is InChI=1S/C15H19NO4/c1-10-7-16(13-12(17)9-19-14(10)13)15(18)20-8-11-5-3-2-4-6-11/h2-6,10,12-14,17H,7-9H2,1H3/t10-,12+,13-,14?/m1/s1. The first-order valence-corrected chi connectivity index (χ1v) is 6.94. The van der Waals surface area contributed by atoms with Gasteiger partial charge in [0, 0.05) is 12.5 Å². The van der Waals surface area contributed by atoms with Crippen LogP contribution in [0.15, 0.2) is 30.3 Å². The maximum absolute atomic E-state index is 12.2. The Hall–Kier alpha value is -1.59. The van der Waals surface area contributed by atoms with Gasteiger partial charge >= 0.3 is 6.09 Å². The number of ether oxygens (including phenoxy) is 2. The summed E-state index contributed by atoms with van der Waals surface area (Å²) in [6.07, 6.45) is -1.07. The number of benzene rings is 1. The Kier molecular flexibility index (Phi) is 3.63. The van der Waals surface area contributed by atoms with Crippen LogP contribution in [0.5, 0.6) is 0 Å². The van der Waals surface area contributed by atoms with Crippen LogP contribution in [0, 0.1) is 5.92 Å². The van der Waals surface area contributed by atoms with Gasteiger partial charge in [0.25, 0.3) is 0 Å². The lowest BCUT2D eigenvalue weighted by Crippen LogP contribution is -2.44. The number of hydrogen-bond acceptors (Lipinski definition) is 4. The first-order valence-electron chi connectivity index (χ1n) is 6.94. The molecular formula is C15H19NO4. The summed E-state index contributed by atoms with van der Waals surface area (Å²) in [4.78, 5) is 13.8. The summed E-state index contributed by atoms with van der Waals surface area (Å²) >= 11 is 0. The third-order valence-corrected chi connectivity index (χ3v) is 4.04. The third kappa shape index (κ3) is 2.39. The number of aliphatic hydroxyl groups excluding tert-OH is 1. The maximum Gasteiger partial charge on any atom is 0.410 e. The van der Waals surface area contributed by atoms with Crippen molar-refractivity contribution < 1.29 is 19.4 Å². The highest BCUT2D eigenvalue weighted by Crippen LogP contribution is 2.33. The molecule has 1 aromatic rings. The van der Waals surface area contributed by atoms with Gasteiger partial charge in [-0.1, -0.05) is 37.3 Å². The molecule has 2 heterocycles. The second kappa shape index (κ2) is 5.42. The number of carbonyl (C=O) groups excluding carboxylic acids is 1. The SMILES string of the molecule is C[C@@H]1CN(C(=O)OCc2ccccc2)[C@H]2C1OC[C@@H]2O. The van der Waals surface area contributed by atoms with Crippen molar-refractivity contribution in [3.8, 4) is 0 Å². The molecule has 2 saturated heterocycles. The maximum atomic E-state index is 12.2. The number of hydrogen-bond donors (Lipinski definition) is 1. The van der Waals surface area contributed by atoms with Crippen LogP contribution in [0.1, 0.15) is 12.5 Å². The van der Waals surface area contributed by atoms with Gasteiger partial charge in [-0.2, -0.15) is 0 Å². The fraction of sp³-hybridized carbons (Fsp3) is 0.533. The molecule has 2 fully saturated rings. The molecule has 2 aliphatic rings. The molecule has 1 N–H and O–H groups in total. The van der Waals surface area contributed by atoms with E-state index in [1.807, 2.05) is 37.3 Å². The molecule has 1 unspecified atom stereocenters. The summed E-state index contributed by atoms with van der Waals surface area (Å²) in [7, 11) is 0. The molecule has 0 radical (unpaired) electrons. The first kappa shape index (κ1) is 13.4. The van der Waals surface area contributed by atoms with E-state index in [4.69, 9.17) is 9.47 Å². The van der Waals surface area contributed by atoms with Crippen LogP contribution in [-0.4, -0.2) is 47.5 Å². The Labute approximate surface area is 118 Å². The molecule has 0 aliphatic carbocycles. The molecule has 1 amide bonds. The second-order valence-corrected chi connectivity index (χ2v) is 5.53. The van der Waals surface area contributed by atoms with Crippen molar-refractivity contribution in [2.24, 2.45) is 5.92 Å². The number of rotatable bonds is 2. The van der Waals surface area contributed by atoms with Crippen molar-refractivity contribution >= 4 is 6.09 Å². The van der Waals surface area contributed by atoms with E-state index in [1.165, 1.54) is 0 Å². The van der Waals surface area contributed by atoms with Crippen LogP contribution in [0.4, 0.5) is 4.79 Å². The molecule has 3 rings (SSSR count). The molecule has 0 bridgehead atoms. The molecule has 20 heavy (non-hydrogen) atoms. The summed E-state index contributed by atoms with van der Waals surface area (Å²) in [5.74, 6) is 0.224. The summed E-state index contributed by atoms with van der Waals surface area (Å²) in [5, 5.41) is 9.95. The van der Waals surface area contributed by atoms with E-state index in [2.05, 4.69) is 0 Å². The van der Waals surface area contributed by atoms with Crippen molar-refractivity contribution in [3.05, 3.63) is 35.9 Å². The van der Waals surface area contributed by atoms with Crippen molar-refractivity contribution in [1.29, 1.82) is 0 Å². The van der Waals surface area contributed by atoms with Gasteiger partial charge in [0.05, 0.1) is 18.8 Å². The zero-order valence-corrected chi connectivity index (χ0v) is 11.4. The van der Waals surface area contributed by atoms with E-state index in [9.17, 15) is 9.90 Å². The van der Waals surface area contributed by atoms with Gasteiger partial charge in [0.1, 0.15) is 12.7 Å². The molecule has 2 aliphatic heterocycles. The van der Waals surface area contributed by atoms with Crippen molar-refractivity contribution in [2.45, 2.75) is 31.8 Å². The number of aliphatic hydroxyl groups is 1. The van der Waals surface area contributed by atoms with Gasteiger partial charge in [-0.05, 0) is 5.56 Å². The van der Waals surface area contributed by atoms with Crippen molar-refractivity contribution in [2.75, 3.05) is 13.2 Å². The van der Waals surface area contributed by atoms with Crippen LogP contribution < -0.4 is 0 Å². The molecule has 4 atom stereocenters. The highest BCUT2D eigenvalue weighted by molar-refractivity contribution is 5.69. The lowest BCUT2D eigenvalue weighted by molar-refractivity contribution is 0.0566. The number of nitrogens with zero attached hydrogens (tertiary/aromatic N) is 1. The Morgan fingerprint density at radius 3 is 2.95 bits per heavy atom. The molecule has 5 nitrogen and oxygen atoms in total. The Morgan fingerprint density at radius 2 is 2.20 bits per heavy atom. The topological polar surface area (TPSA) is 59.0 Å². The number of fused-ring (bicyclic) bond motifs is 1. The minimum atomic E-state index is -0.616. The Balaban J connectivity index is 1.62. The van der Waals surface area contributed by atoms with Gasteiger partial charge in [-0.15, -0.1) is 0 Å². The van der Waals surface area contributed by atoms with Crippen LogP contribution in [0.3, 0.4) is 0 Å². The van der Waals surface area contributed by atoms with Crippen molar-refractivity contribution in [3.63, 3.8) is 0 Å². The van der Waals surface area contributed by atoms with E-state index >= 15 is 0 Å². The van der Waals surface area contributed by atoms with E-state index < -0.39 is 6.10 Å². The van der Waals surface area contributed by atoms with Gasteiger partial charge in [0.2, 0.25) is 0 Å². The first-order chi connectivity index (χ1) is 9.66. The van der Waals surface area contributed by atoms with Gasteiger partial charge in [0.15, 0.2) is 0 Å². The Morgan fingerprint density at radius 1 is 1.45 bits per heavy atom. The van der Waals surface area contributed by atoms with Crippen LogP contribution in [0.2, 0.25) is 0 Å². The fourth-order valence-electron chi connectivity index (χ4n) is 3.05. The zero-order valence-electron chi connectivity index (χ0n) is 11.4. The van der Waals surface area contributed by atoms with Gasteiger partial charge < -0.3 is 14.6 Å². The van der Waals surface area contributed by atoms with Crippen LogP contribution in [-0.2, 0) is 16.1 Å².